The van der Waals surface area contributed by atoms with E-state index in [9.17, 15) is 13.2 Å². The minimum absolute atomic E-state index is 0.107. The van der Waals surface area contributed by atoms with E-state index in [-0.39, 0.29) is 10.8 Å². The van der Waals surface area contributed by atoms with Crippen LogP contribution >= 0.6 is 0 Å². The highest BCUT2D eigenvalue weighted by atomic mass is 32.2. The molecule has 0 saturated carbocycles. The summed E-state index contributed by atoms with van der Waals surface area (Å²) in [6, 6.07) is 18.8. The zero-order valence-corrected chi connectivity index (χ0v) is 16.4. The van der Waals surface area contributed by atoms with Crippen molar-refractivity contribution in [3.05, 3.63) is 89.7 Å². The van der Waals surface area contributed by atoms with E-state index in [0.717, 1.165) is 5.56 Å². The second-order valence-electron chi connectivity index (χ2n) is 6.38. The predicted molar refractivity (Wildman–Crippen MR) is 108 cm³/mol. The molecular formula is C21H21N3O3S. The van der Waals surface area contributed by atoms with Crippen molar-refractivity contribution in [2.24, 2.45) is 0 Å². The zero-order valence-electron chi connectivity index (χ0n) is 15.6. The number of nitrogens with zero attached hydrogens (tertiary/aromatic N) is 1. The number of aromatic nitrogens is 1. The zero-order chi connectivity index (χ0) is 20.1. The second-order valence-corrected chi connectivity index (χ2v) is 8.06. The maximum absolute atomic E-state index is 13.2. The molecule has 2 aromatic carbocycles. The van der Waals surface area contributed by atoms with Crippen LogP contribution in [-0.4, -0.2) is 19.3 Å². The number of anilines is 1. The molecule has 1 atom stereocenters. The first-order valence-electron chi connectivity index (χ1n) is 8.73. The summed E-state index contributed by atoms with van der Waals surface area (Å²) in [5.74, 6) is -0.268. The van der Waals surface area contributed by atoms with Gasteiger partial charge in [0.15, 0.2) is 0 Å². The Kier molecular flexibility index (Phi) is 5.87. The van der Waals surface area contributed by atoms with Crippen LogP contribution < -0.4 is 10.0 Å². The Hall–Kier alpha value is -3.03. The fraction of sp³-hybridized carbons (Fsp3) is 0.143. The molecule has 28 heavy (non-hydrogen) atoms. The van der Waals surface area contributed by atoms with Crippen molar-refractivity contribution >= 4 is 21.6 Å². The number of nitrogens with one attached hydrogen (secondary N) is 2. The van der Waals surface area contributed by atoms with Crippen molar-refractivity contribution in [3.63, 3.8) is 0 Å². The lowest BCUT2D eigenvalue weighted by Crippen LogP contribution is -2.30. The molecule has 2 N–H and O–H groups in total. The third kappa shape index (κ3) is 4.62. The van der Waals surface area contributed by atoms with Crippen LogP contribution in [-0.2, 0) is 14.8 Å². The van der Waals surface area contributed by atoms with E-state index < -0.39 is 16.1 Å². The van der Waals surface area contributed by atoms with Crippen molar-refractivity contribution in [2.75, 3.05) is 5.32 Å². The Morgan fingerprint density at radius 1 is 1.00 bits per heavy atom. The van der Waals surface area contributed by atoms with E-state index in [0.29, 0.717) is 16.9 Å². The molecule has 0 spiro atoms. The van der Waals surface area contributed by atoms with Gasteiger partial charge >= 0.3 is 0 Å². The molecule has 144 valence electrons. The fourth-order valence-corrected chi connectivity index (χ4v) is 4.35. The maximum atomic E-state index is 13.2. The standard InChI is InChI=1S/C21H21N3O3S/c1-15-11-12-18(23-16(2)25)14-20(15)28(26,27)24-21(17-8-4-3-5-9-17)19-10-6-7-13-22-19/h3-14,21,24H,1-2H3,(H,23,25). The van der Waals surface area contributed by atoms with Crippen molar-refractivity contribution in [2.45, 2.75) is 24.8 Å². The molecule has 3 rings (SSSR count). The molecular weight excluding hydrogens is 374 g/mol. The summed E-state index contributed by atoms with van der Waals surface area (Å²) < 4.78 is 29.2. The number of benzene rings is 2. The highest BCUT2D eigenvalue weighted by Crippen LogP contribution is 2.26. The molecule has 1 amide bonds. The van der Waals surface area contributed by atoms with Crippen LogP contribution in [0.15, 0.2) is 77.8 Å². The van der Waals surface area contributed by atoms with Gasteiger partial charge in [0.05, 0.1) is 16.6 Å². The monoisotopic (exact) mass is 395 g/mol. The van der Waals surface area contributed by atoms with Crippen LogP contribution in [0.2, 0.25) is 0 Å². The van der Waals surface area contributed by atoms with Crippen molar-refractivity contribution in [1.82, 2.24) is 9.71 Å². The van der Waals surface area contributed by atoms with Crippen LogP contribution in [0.1, 0.15) is 29.8 Å². The molecule has 0 fully saturated rings. The number of carbonyl (C=O) groups excluding carboxylic acids is 1. The summed E-state index contributed by atoms with van der Waals surface area (Å²) in [5.41, 5.74) is 2.37. The van der Waals surface area contributed by atoms with Gasteiger partial charge in [-0.15, -0.1) is 0 Å². The molecule has 0 bridgehead atoms. The maximum Gasteiger partial charge on any atom is 0.241 e. The average Bonchev–Trinajstić information content (AvgIpc) is 2.68. The summed E-state index contributed by atoms with van der Waals surface area (Å²) in [6.07, 6.45) is 1.63. The number of carbonyl (C=O) groups is 1. The highest BCUT2D eigenvalue weighted by Gasteiger charge is 2.25. The Morgan fingerprint density at radius 2 is 1.71 bits per heavy atom. The van der Waals surface area contributed by atoms with E-state index in [1.54, 1.807) is 37.4 Å². The van der Waals surface area contributed by atoms with E-state index in [1.165, 1.54) is 13.0 Å². The fourth-order valence-electron chi connectivity index (χ4n) is 2.88. The van der Waals surface area contributed by atoms with Gasteiger partial charge in [0.2, 0.25) is 15.9 Å². The number of aryl methyl sites for hydroxylation is 1. The largest absolute Gasteiger partial charge is 0.326 e. The number of hydrogen-bond donors (Lipinski definition) is 2. The average molecular weight is 395 g/mol. The quantitative estimate of drug-likeness (QED) is 0.669. The third-order valence-corrected chi connectivity index (χ3v) is 5.75. The molecule has 1 heterocycles. The summed E-state index contributed by atoms with van der Waals surface area (Å²) in [4.78, 5) is 15.8. The van der Waals surface area contributed by atoms with Crippen molar-refractivity contribution in [1.29, 1.82) is 0 Å². The topological polar surface area (TPSA) is 88.2 Å². The molecule has 6 nitrogen and oxygen atoms in total. The first-order chi connectivity index (χ1) is 13.4. The normalized spacial score (nSPS) is 12.4. The molecule has 0 saturated heterocycles. The number of rotatable bonds is 6. The minimum atomic E-state index is -3.89. The van der Waals surface area contributed by atoms with Gasteiger partial charge < -0.3 is 5.32 Å². The molecule has 0 aliphatic heterocycles. The summed E-state index contributed by atoms with van der Waals surface area (Å²) in [6.45, 7) is 3.09. The Labute approximate surface area is 164 Å². The smallest absolute Gasteiger partial charge is 0.241 e. The number of sulfonamides is 1. The highest BCUT2D eigenvalue weighted by molar-refractivity contribution is 7.89. The SMILES string of the molecule is CC(=O)Nc1ccc(C)c(S(=O)(=O)NC(c2ccccc2)c2ccccn2)c1. The van der Waals surface area contributed by atoms with Gasteiger partial charge in [0, 0.05) is 18.8 Å². The lowest BCUT2D eigenvalue weighted by molar-refractivity contribution is -0.114. The first-order valence-corrected chi connectivity index (χ1v) is 10.2. The molecule has 0 aliphatic rings. The number of pyridine rings is 1. The number of amides is 1. The lowest BCUT2D eigenvalue weighted by Gasteiger charge is -2.20. The Morgan fingerprint density at radius 3 is 2.36 bits per heavy atom. The van der Waals surface area contributed by atoms with Gasteiger partial charge in [-0.3, -0.25) is 9.78 Å². The van der Waals surface area contributed by atoms with Crippen LogP contribution in [0.4, 0.5) is 5.69 Å². The predicted octanol–water partition coefficient (Wildman–Crippen LogP) is 3.42. The Bertz CT molecular complexity index is 1030. The van der Waals surface area contributed by atoms with E-state index in [2.05, 4.69) is 15.0 Å². The first kappa shape index (κ1) is 19.7. The molecule has 0 radical (unpaired) electrons. The van der Waals surface area contributed by atoms with E-state index >= 15 is 0 Å². The van der Waals surface area contributed by atoms with Crippen LogP contribution in [0.3, 0.4) is 0 Å². The van der Waals surface area contributed by atoms with Gasteiger partial charge in [-0.1, -0.05) is 42.5 Å². The van der Waals surface area contributed by atoms with Gasteiger partial charge in [-0.2, -0.15) is 4.72 Å². The van der Waals surface area contributed by atoms with Gasteiger partial charge in [0.25, 0.3) is 0 Å². The summed E-state index contributed by atoms with van der Waals surface area (Å²) in [7, 11) is -3.89. The van der Waals surface area contributed by atoms with Crippen LogP contribution in [0.5, 0.6) is 0 Å². The third-order valence-electron chi connectivity index (χ3n) is 4.19. The van der Waals surface area contributed by atoms with Crippen LogP contribution in [0, 0.1) is 6.92 Å². The molecule has 3 aromatic rings. The Balaban J connectivity index is 2.02. The minimum Gasteiger partial charge on any atom is -0.326 e. The van der Waals surface area contributed by atoms with Crippen molar-refractivity contribution < 1.29 is 13.2 Å². The lowest BCUT2D eigenvalue weighted by atomic mass is 10.0. The summed E-state index contributed by atoms with van der Waals surface area (Å²) in [5, 5.41) is 2.62. The number of hydrogen-bond acceptors (Lipinski definition) is 4. The molecule has 1 aromatic heterocycles. The molecule has 7 heteroatoms. The van der Waals surface area contributed by atoms with E-state index in [1.807, 2.05) is 36.4 Å². The molecule has 0 aliphatic carbocycles. The molecule has 1 unspecified atom stereocenters. The summed E-state index contributed by atoms with van der Waals surface area (Å²) >= 11 is 0. The second kappa shape index (κ2) is 8.33. The van der Waals surface area contributed by atoms with Crippen molar-refractivity contribution in [3.8, 4) is 0 Å². The van der Waals surface area contributed by atoms with Crippen LogP contribution in [0.25, 0.3) is 0 Å². The van der Waals surface area contributed by atoms with Gasteiger partial charge in [-0.05, 0) is 42.3 Å². The van der Waals surface area contributed by atoms with Gasteiger partial charge in [0.1, 0.15) is 0 Å². The van der Waals surface area contributed by atoms with Gasteiger partial charge in [-0.25, -0.2) is 8.42 Å². The van der Waals surface area contributed by atoms with E-state index in [4.69, 9.17) is 0 Å².